The molecule has 1 aliphatic carbocycles. The molecule has 1 saturated carbocycles. The lowest BCUT2D eigenvalue weighted by Gasteiger charge is -2.35. The molecule has 1 fully saturated rings. The monoisotopic (exact) mass is 523 g/mol. The highest BCUT2D eigenvalue weighted by Gasteiger charge is 2.36. The minimum atomic E-state index is -0.390. The van der Waals surface area contributed by atoms with Crippen LogP contribution in [-0.2, 0) is 0 Å². The fourth-order valence-corrected chi connectivity index (χ4v) is 4.93. The van der Waals surface area contributed by atoms with E-state index in [0.717, 1.165) is 5.39 Å². The van der Waals surface area contributed by atoms with E-state index in [1.165, 1.54) is 6.07 Å². The average Bonchev–Trinajstić information content (AvgIpc) is 3.35. The molecular weight excluding hydrogens is 497 g/mol. The maximum atomic E-state index is 15.0. The van der Waals surface area contributed by atoms with E-state index in [1.54, 1.807) is 59.4 Å². The molecule has 6 rings (SSSR count). The number of hydrogen-bond acceptors (Lipinski definition) is 7. The number of nitrogens with zero attached hydrogens (tertiary/aromatic N) is 5. The van der Waals surface area contributed by atoms with Crippen LogP contribution in [0, 0.1) is 5.82 Å². The highest BCUT2D eigenvalue weighted by Crippen LogP contribution is 2.39. The number of pyridine rings is 2. The summed E-state index contributed by atoms with van der Waals surface area (Å²) < 4.78 is 22.2. The molecule has 0 bridgehead atoms. The van der Waals surface area contributed by atoms with Crippen LogP contribution in [0.2, 0.25) is 0 Å². The topological polar surface area (TPSA) is 121 Å². The van der Waals surface area contributed by atoms with Gasteiger partial charge in [-0.2, -0.15) is 0 Å². The Labute approximate surface area is 223 Å². The molecule has 1 amide bonds. The van der Waals surface area contributed by atoms with Gasteiger partial charge in [0, 0.05) is 17.3 Å². The smallest absolute Gasteiger partial charge is 0.253 e. The number of nitrogens with one attached hydrogen (secondary N) is 1. The maximum absolute atomic E-state index is 15.0. The van der Waals surface area contributed by atoms with Gasteiger partial charge in [-0.25, -0.2) is 9.37 Å². The largest absolute Gasteiger partial charge is 0.492 e. The minimum Gasteiger partial charge on any atom is -0.492 e. The third-order valence-electron chi connectivity index (χ3n) is 6.87. The molecule has 5 aromatic rings. The lowest BCUT2D eigenvalue weighted by Crippen LogP contribution is -2.44. The van der Waals surface area contributed by atoms with Gasteiger partial charge >= 0.3 is 0 Å². The quantitative estimate of drug-likeness (QED) is 0.318. The Morgan fingerprint density at radius 1 is 1.08 bits per heavy atom. The number of nitrogens with two attached hydrogens (primary N) is 1. The Balaban J connectivity index is 1.25. The summed E-state index contributed by atoms with van der Waals surface area (Å²) >= 11 is 0. The summed E-state index contributed by atoms with van der Waals surface area (Å²) in [5.74, 6) is 1.09. The number of carbonyl (C=O) groups is 1. The molecule has 39 heavy (non-hydrogen) atoms. The van der Waals surface area contributed by atoms with Crippen molar-refractivity contribution in [1.29, 1.82) is 0 Å². The Morgan fingerprint density at radius 2 is 1.92 bits per heavy atom. The number of amides is 1. The Hall–Kier alpha value is -4.86. The second-order valence-electron chi connectivity index (χ2n) is 9.47. The summed E-state index contributed by atoms with van der Waals surface area (Å²) in [5, 5.41) is 12.8. The van der Waals surface area contributed by atoms with Crippen LogP contribution in [-0.4, -0.2) is 43.3 Å². The molecule has 0 atom stereocenters. The molecule has 9 nitrogen and oxygen atoms in total. The first-order chi connectivity index (χ1) is 19.0. The summed E-state index contributed by atoms with van der Waals surface area (Å²) in [6, 6.07) is 17.3. The number of fused-ring (bicyclic) bond motifs is 1. The van der Waals surface area contributed by atoms with Crippen LogP contribution in [0.5, 0.6) is 5.75 Å². The van der Waals surface area contributed by atoms with E-state index in [4.69, 9.17) is 10.5 Å². The van der Waals surface area contributed by atoms with Gasteiger partial charge < -0.3 is 15.8 Å². The first-order valence-electron chi connectivity index (χ1n) is 12.8. The van der Waals surface area contributed by atoms with Crippen molar-refractivity contribution < 1.29 is 13.9 Å². The number of hydrogen-bond donors (Lipinski definition) is 2. The zero-order valence-electron chi connectivity index (χ0n) is 21.2. The van der Waals surface area contributed by atoms with Gasteiger partial charge in [0.15, 0.2) is 5.82 Å². The number of anilines is 1. The van der Waals surface area contributed by atoms with Crippen LogP contribution in [0.4, 0.5) is 10.1 Å². The molecule has 0 radical (unpaired) electrons. The third-order valence-corrected chi connectivity index (χ3v) is 6.87. The van der Waals surface area contributed by atoms with Crippen LogP contribution in [0.1, 0.15) is 41.9 Å². The van der Waals surface area contributed by atoms with Gasteiger partial charge in [0.05, 0.1) is 41.5 Å². The van der Waals surface area contributed by atoms with E-state index in [0.29, 0.717) is 65.0 Å². The Bertz CT molecular complexity index is 1660. The van der Waals surface area contributed by atoms with Crippen LogP contribution in [0.3, 0.4) is 0 Å². The van der Waals surface area contributed by atoms with Crippen LogP contribution in [0.15, 0.2) is 73.1 Å². The summed E-state index contributed by atoms with van der Waals surface area (Å²) in [6.45, 7) is 2.43. The fourth-order valence-electron chi connectivity index (χ4n) is 4.93. The minimum absolute atomic E-state index is 0.0238. The van der Waals surface area contributed by atoms with Crippen molar-refractivity contribution in [2.75, 3.05) is 12.3 Å². The fraction of sp³-hybridized carbons (Fsp3) is 0.207. The summed E-state index contributed by atoms with van der Waals surface area (Å²) in [7, 11) is 0. The SMILES string of the molecule is CCOc1ccc(-c2nnc(C3CC(NC(=O)c4cccc5cc(N)cnc45)C3)n2-c2ccccc2F)nc1. The maximum Gasteiger partial charge on any atom is 0.253 e. The molecule has 0 unspecified atom stereocenters. The zero-order valence-corrected chi connectivity index (χ0v) is 21.2. The van der Waals surface area contributed by atoms with E-state index in [9.17, 15) is 9.18 Å². The van der Waals surface area contributed by atoms with Crippen LogP contribution >= 0.6 is 0 Å². The van der Waals surface area contributed by atoms with Crippen LogP contribution < -0.4 is 15.8 Å². The number of rotatable bonds is 7. The van der Waals surface area contributed by atoms with Gasteiger partial charge in [-0.1, -0.05) is 24.3 Å². The lowest BCUT2D eigenvalue weighted by molar-refractivity contribution is 0.0908. The first-order valence-corrected chi connectivity index (χ1v) is 12.8. The van der Waals surface area contributed by atoms with Gasteiger partial charge in [0.1, 0.15) is 23.1 Å². The second-order valence-corrected chi connectivity index (χ2v) is 9.47. The third kappa shape index (κ3) is 4.65. The molecule has 10 heteroatoms. The van der Waals surface area contributed by atoms with Gasteiger partial charge in [0.2, 0.25) is 0 Å². The van der Waals surface area contributed by atoms with Gasteiger partial charge in [-0.15, -0.1) is 10.2 Å². The number of ether oxygens (including phenoxy) is 1. The Kier molecular flexibility index (Phi) is 6.36. The number of carbonyl (C=O) groups excluding carboxylic acids is 1. The van der Waals surface area contributed by atoms with Gasteiger partial charge in [-0.3, -0.25) is 14.3 Å². The number of halogens is 1. The van der Waals surface area contributed by atoms with Crippen molar-refractivity contribution in [3.05, 3.63) is 90.3 Å². The predicted octanol–water partition coefficient (Wildman–Crippen LogP) is 4.67. The van der Waals surface area contributed by atoms with Gasteiger partial charge in [0.25, 0.3) is 5.91 Å². The van der Waals surface area contributed by atoms with Crippen LogP contribution in [0.25, 0.3) is 28.1 Å². The zero-order chi connectivity index (χ0) is 26.9. The van der Waals surface area contributed by atoms with E-state index in [-0.39, 0.29) is 23.7 Å². The predicted molar refractivity (Wildman–Crippen MR) is 145 cm³/mol. The van der Waals surface area contributed by atoms with Crippen molar-refractivity contribution in [2.24, 2.45) is 0 Å². The first kappa shape index (κ1) is 24.5. The molecule has 3 heterocycles. The van der Waals surface area contributed by atoms with E-state index in [1.807, 2.05) is 19.1 Å². The molecule has 3 aromatic heterocycles. The molecule has 196 valence electrons. The standard InChI is InChI=1S/C29H26FN7O2/c1-2-39-21-10-11-24(32-16-21)28-36-35-27(37(28)25-9-4-3-8-23(25)30)18-13-20(14-18)34-29(38)22-7-5-6-17-12-19(31)15-33-26(17)22/h3-12,15-16,18,20H,2,13-14,31H2,1H3,(H,34,38). The summed E-state index contributed by atoms with van der Waals surface area (Å²) in [4.78, 5) is 21.9. The van der Waals surface area contributed by atoms with E-state index < -0.39 is 0 Å². The van der Waals surface area contributed by atoms with Crippen molar-refractivity contribution >= 4 is 22.5 Å². The van der Waals surface area contributed by atoms with E-state index >= 15 is 0 Å². The second kappa shape index (κ2) is 10.1. The molecule has 1 aliphatic rings. The number of para-hydroxylation sites is 2. The van der Waals surface area contributed by atoms with Crippen molar-refractivity contribution in [2.45, 2.75) is 31.7 Å². The summed E-state index contributed by atoms with van der Waals surface area (Å²) in [6.07, 6.45) is 4.44. The number of aromatic nitrogens is 5. The summed E-state index contributed by atoms with van der Waals surface area (Å²) in [5.41, 5.74) is 8.38. The van der Waals surface area contributed by atoms with Crippen molar-refractivity contribution in [3.8, 4) is 23.0 Å². The number of nitrogen functional groups attached to an aromatic ring is 1. The molecule has 2 aromatic carbocycles. The Morgan fingerprint density at radius 3 is 2.69 bits per heavy atom. The average molecular weight is 524 g/mol. The molecule has 0 saturated heterocycles. The van der Waals surface area contributed by atoms with Crippen molar-refractivity contribution in [3.63, 3.8) is 0 Å². The lowest BCUT2D eigenvalue weighted by atomic mass is 9.79. The molecule has 3 N–H and O–H groups in total. The number of benzene rings is 2. The van der Waals surface area contributed by atoms with Crippen molar-refractivity contribution in [1.82, 2.24) is 30.0 Å². The molecule has 0 aliphatic heterocycles. The highest BCUT2D eigenvalue weighted by molar-refractivity contribution is 6.06. The molecular formula is C29H26FN7O2. The molecule has 0 spiro atoms. The normalized spacial score (nSPS) is 16.6. The van der Waals surface area contributed by atoms with E-state index in [2.05, 4.69) is 25.5 Å². The van der Waals surface area contributed by atoms with Gasteiger partial charge in [-0.05, 0) is 56.2 Å². The highest BCUT2D eigenvalue weighted by atomic mass is 19.1.